The molecule has 0 unspecified atom stereocenters. The summed E-state index contributed by atoms with van der Waals surface area (Å²) in [6.07, 6.45) is -2.12. The zero-order chi connectivity index (χ0) is 22.5. The summed E-state index contributed by atoms with van der Waals surface area (Å²) >= 11 is 2.50. The Hall–Kier alpha value is -2.71. The lowest BCUT2D eigenvalue weighted by Gasteiger charge is -2.24. The first kappa shape index (κ1) is 23.6. The molecule has 5 N–H and O–H groups in total. The number of allylic oxidation sites excluding steroid dienone is 2. The van der Waals surface area contributed by atoms with Gasteiger partial charge in [-0.15, -0.1) is 0 Å². The summed E-state index contributed by atoms with van der Waals surface area (Å²) in [6.45, 7) is 5.77. The number of hydrogen-bond donors (Lipinski definition) is 3. The van der Waals surface area contributed by atoms with E-state index in [4.69, 9.17) is 11.5 Å². The fourth-order valence-electron chi connectivity index (χ4n) is 2.32. The number of thioether (sulfide) groups is 2. The molecule has 0 saturated heterocycles. The second-order valence-corrected chi connectivity index (χ2v) is 8.45. The largest absolute Gasteiger partial charge is 0.416 e. The number of hydrazone groups is 1. The van der Waals surface area contributed by atoms with Crippen molar-refractivity contribution in [3.05, 3.63) is 69.8 Å². The Bertz CT molecular complexity index is 960. The summed E-state index contributed by atoms with van der Waals surface area (Å²) in [4.78, 5) is 0. The molecule has 2 rings (SSSR count). The minimum Gasteiger partial charge on any atom is -0.391 e. The normalized spacial score (nSPS) is 15.0. The lowest BCUT2D eigenvalue weighted by atomic mass is 10.1. The summed E-state index contributed by atoms with van der Waals surface area (Å²) in [5.74, 6) is 0.654. The zero-order valence-electron chi connectivity index (χ0n) is 16.4. The number of likely N-dealkylation sites (N-methyl/N-ethyl adjacent to an activating group) is 1. The summed E-state index contributed by atoms with van der Waals surface area (Å²) in [5.41, 5.74) is 13.1. The number of benzene rings is 1. The topological polar surface area (TPSA) is 103 Å². The number of nitrogens with zero attached hydrogens (tertiary/aromatic N) is 3. The van der Waals surface area contributed by atoms with Gasteiger partial charge in [-0.3, -0.25) is 5.01 Å². The molecule has 0 atom stereocenters. The van der Waals surface area contributed by atoms with Crippen LogP contribution in [-0.2, 0) is 11.9 Å². The van der Waals surface area contributed by atoms with E-state index in [0.717, 1.165) is 24.3 Å². The predicted octanol–water partition coefficient (Wildman–Crippen LogP) is 4.20. The Balaban J connectivity index is 2.10. The number of hydrogen-bond acceptors (Lipinski definition) is 8. The Labute approximate surface area is 181 Å². The predicted molar refractivity (Wildman–Crippen MR) is 116 cm³/mol. The van der Waals surface area contributed by atoms with E-state index >= 15 is 0 Å². The van der Waals surface area contributed by atoms with Crippen molar-refractivity contribution >= 4 is 27.9 Å². The molecule has 1 aromatic carbocycles. The highest BCUT2D eigenvalue weighted by atomic mass is 32.2. The van der Waals surface area contributed by atoms with Gasteiger partial charge in [0.2, 0.25) is 0 Å². The van der Waals surface area contributed by atoms with Gasteiger partial charge in [-0.05, 0) is 35.9 Å². The lowest BCUT2D eigenvalue weighted by molar-refractivity contribution is -0.137. The monoisotopic (exact) mass is 454 g/mol. The van der Waals surface area contributed by atoms with Crippen LogP contribution in [0.15, 0.2) is 58.2 Å². The van der Waals surface area contributed by atoms with Crippen LogP contribution in [-0.4, -0.2) is 16.4 Å². The van der Waals surface area contributed by atoms with Crippen LogP contribution in [0.25, 0.3) is 0 Å². The number of nitrogens with one attached hydrogen (secondary N) is 1. The molecule has 0 radical (unpaired) electrons. The molecule has 1 aromatic rings. The molecule has 11 heteroatoms. The van der Waals surface area contributed by atoms with Crippen molar-refractivity contribution in [2.45, 2.75) is 25.3 Å². The Kier molecular flexibility index (Phi) is 7.75. The second kappa shape index (κ2) is 9.86. The lowest BCUT2D eigenvalue weighted by Crippen LogP contribution is -2.24. The Morgan fingerprint density at radius 2 is 2.17 bits per heavy atom. The van der Waals surface area contributed by atoms with E-state index in [0.29, 0.717) is 26.5 Å². The van der Waals surface area contributed by atoms with Gasteiger partial charge in [0, 0.05) is 24.6 Å². The van der Waals surface area contributed by atoms with Crippen molar-refractivity contribution in [3.8, 4) is 6.07 Å². The maximum atomic E-state index is 12.8. The van der Waals surface area contributed by atoms with Gasteiger partial charge >= 0.3 is 6.18 Å². The van der Waals surface area contributed by atoms with Gasteiger partial charge in [0.05, 0.1) is 27.9 Å². The molecule has 0 amide bonds. The summed E-state index contributed by atoms with van der Waals surface area (Å²) < 4.78 is 39.1. The molecule has 1 aliphatic heterocycles. The van der Waals surface area contributed by atoms with Gasteiger partial charge in [0.25, 0.3) is 0 Å². The van der Waals surface area contributed by atoms with Crippen LogP contribution in [0.2, 0.25) is 0 Å². The molecule has 0 saturated carbocycles. The number of nitrogens with two attached hydrogens (primary N) is 2. The molecule has 0 bridgehead atoms. The third-order valence-electron chi connectivity index (χ3n) is 3.98. The third kappa shape index (κ3) is 6.14. The molecule has 0 aliphatic carbocycles. The second-order valence-electron chi connectivity index (χ2n) is 6.19. The van der Waals surface area contributed by atoms with Crippen LogP contribution in [0.1, 0.15) is 30.0 Å². The first-order chi connectivity index (χ1) is 14.0. The highest BCUT2D eigenvalue weighted by Crippen LogP contribution is 2.34. The molecule has 30 heavy (non-hydrogen) atoms. The summed E-state index contributed by atoms with van der Waals surface area (Å²) in [7, 11) is 1.71. The van der Waals surface area contributed by atoms with E-state index in [9.17, 15) is 18.4 Å². The molecule has 0 aromatic heterocycles. The molecular formula is C19H21F3N6S2. The molecular weight excluding hydrogens is 433 g/mol. The quantitative estimate of drug-likeness (QED) is 0.592. The maximum absolute atomic E-state index is 12.8. The van der Waals surface area contributed by atoms with Crippen molar-refractivity contribution in [3.63, 3.8) is 0 Å². The van der Waals surface area contributed by atoms with Gasteiger partial charge in [0.15, 0.2) is 4.38 Å². The van der Waals surface area contributed by atoms with Gasteiger partial charge in [-0.25, -0.2) is 0 Å². The number of rotatable bonds is 6. The molecule has 160 valence electrons. The average molecular weight is 455 g/mol. The van der Waals surface area contributed by atoms with Gasteiger partial charge < -0.3 is 16.8 Å². The smallest absolute Gasteiger partial charge is 0.391 e. The first-order valence-electron chi connectivity index (χ1n) is 8.70. The fourth-order valence-corrected chi connectivity index (χ4v) is 4.36. The molecule has 6 nitrogen and oxygen atoms in total. The van der Waals surface area contributed by atoms with E-state index < -0.39 is 11.7 Å². The highest BCUT2D eigenvalue weighted by molar-refractivity contribution is 8.40. The van der Waals surface area contributed by atoms with Crippen molar-refractivity contribution in [1.82, 2.24) is 10.3 Å². The number of nitriles is 1. The van der Waals surface area contributed by atoms with Crippen LogP contribution >= 0.6 is 23.5 Å². The Morgan fingerprint density at radius 3 is 2.73 bits per heavy atom. The van der Waals surface area contributed by atoms with Crippen molar-refractivity contribution in [2.75, 3.05) is 7.05 Å². The first-order valence-corrected chi connectivity index (χ1v) is 10.5. The van der Waals surface area contributed by atoms with Crippen LogP contribution in [0.4, 0.5) is 13.2 Å². The minimum absolute atomic E-state index is 0.0192. The van der Waals surface area contributed by atoms with Crippen molar-refractivity contribution in [1.29, 1.82) is 5.26 Å². The van der Waals surface area contributed by atoms with E-state index in [1.807, 2.05) is 13.0 Å². The van der Waals surface area contributed by atoms with E-state index in [1.54, 1.807) is 18.1 Å². The molecule has 0 fully saturated rings. The van der Waals surface area contributed by atoms with Crippen LogP contribution < -0.4 is 16.8 Å². The fraction of sp³-hybridized carbons (Fsp3) is 0.263. The van der Waals surface area contributed by atoms with E-state index in [2.05, 4.69) is 17.0 Å². The van der Waals surface area contributed by atoms with Crippen LogP contribution in [0.5, 0.6) is 0 Å². The minimum atomic E-state index is -4.49. The zero-order valence-corrected chi connectivity index (χ0v) is 18.0. The molecule has 1 aliphatic rings. The standard InChI is InChI=1S/C19H21F3N6S2/c1-4-11(2)26-16(24)8-15-17(25)30-18(27-28(15)3)29-10-12-5-6-14(19(20,21)22)7-13(12)9-23/h5-8,26H,2,4,10,24-25H2,1,3H3/b16-8+. The summed E-state index contributed by atoms with van der Waals surface area (Å²) in [5, 5.41) is 18.6. The average Bonchev–Trinajstić information content (AvgIpc) is 2.68. The summed E-state index contributed by atoms with van der Waals surface area (Å²) in [6, 6.07) is 4.96. The van der Waals surface area contributed by atoms with Gasteiger partial charge in [0.1, 0.15) is 5.82 Å². The van der Waals surface area contributed by atoms with Crippen LogP contribution in [0, 0.1) is 11.3 Å². The SMILES string of the molecule is C=C(CC)N/C(N)=C/C1=C(N)SC(SCc2ccc(C(F)(F)F)cc2C#N)=NN1C. The maximum Gasteiger partial charge on any atom is 0.416 e. The van der Waals surface area contributed by atoms with Crippen LogP contribution in [0.3, 0.4) is 0 Å². The third-order valence-corrected chi connectivity index (χ3v) is 6.05. The van der Waals surface area contributed by atoms with Crippen molar-refractivity contribution < 1.29 is 13.2 Å². The Morgan fingerprint density at radius 1 is 1.47 bits per heavy atom. The number of halogens is 3. The van der Waals surface area contributed by atoms with Crippen molar-refractivity contribution in [2.24, 2.45) is 16.6 Å². The van der Waals surface area contributed by atoms with E-state index in [-0.39, 0.29) is 11.3 Å². The number of alkyl halides is 3. The van der Waals surface area contributed by atoms with Gasteiger partial charge in [-0.1, -0.05) is 31.3 Å². The van der Waals surface area contributed by atoms with Gasteiger partial charge in [-0.2, -0.15) is 23.5 Å². The molecule has 0 spiro atoms. The highest BCUT2D eigenvalue weighted by Gasteiger charge is 2.31. The van der Waals surface area contributed by atoms with E-state index in [1.165, 1.54) is 29.6 Å². The molecule has 1 heterocycles.